The van der Waals surface area contributed by atoms with Gasteiger partial charge in [0.2, 0.25) is 0 Å². The molecule has 1 N–H and O–H groups in total. The lowest BCUT2D eigenvalue weighted by molar-refractivity contribution is 0.279. The molecule has 2 aromatic rings. The molecule has 0 aliphatic carbocycles. The SMILES string of the molecule is CC(C)(C)CC(C)(C)c1cccc(-c2ccccc2)c1O. The summed E-state index contributed by atoms with van der Waals surface area (Å²) in [6.07, 6.45) is 1.02. The maximum absolute atomic E-state index is 10.8. The third-order valence-electron chi connectivity index (χ3n) is 3.82. The van der Waals surface area contributed by atoms with Crippen LogP contribution in [-0.4, -0.2) is 5.11 Å². The van der Waals surface area contributed by atoms with Crippen molar-refractivity contribution in [2.24, 2.45) is 5.41 Å². The van der Waals surface area contributed by atoms with Gasteiger partial charge in [-0.3, -0.25) is 0 Å². The molecule has 0 radical (unpaired) electrons. The molecule has 0 heterocycles. The van der Waals surface area contributed by atoms with Crippen LogP contribution in [0.5, 0.6) is 5.75 Å². The van der Waals surface area contributed by atoms with Crippen molar-refractivity contribution in [3.05, 3.63) is 54.1 Å². The zero-order valence-corrected chi connectivity index (χ0v) is 13.8. The van der Waals surface area contributed by atoms with Crippen molar-refractivity contribution in [1.82, 2.24) is 0 Å². The zero-order chi connectivity index (χ0) is 15.7. The Morgan fingerprint density at radius 2 is 1.43 bits per heavy atom. The van der Waals surface area contributed by atoms with Gasteiger partial charge in [-0.15, -0.1) is 0 Å². The lowest BCUT2D eigenvalue weighted by Crippen LogP contribution is -2.25. The Labute approximate surface area is 128 Å². The molecule has 0 aromatic heterocycles. The quantitative estimate of drug-likeness (QED) is 0.757. The second-order valence-electron chi connectivity index (χ2n) is 7.69. The Morgan fingerprint density at radius 3 is 2.00 bits per heavy atom. The van der Waals surface area contributed by atoms with Crippen molar-refractivity contribution < 1.29 is 5.11 Å². The Balaban J connectivity index is 2.48. The van der Waals surface area contributed by atoms with Gasteiger partial charge in [0.25, 0.3) is 0 Å². The van der Waals surface area contributed by atoms with Crippen molar-refractivity contribution in [2.75, 3.05) is 0 Å². The van der Waals surface area contributed by atoms with Crippen molar-refractivity contribution in [1.29, 1.82) is 0 Å². The van der Waals surface area contributed by atoms with Crippen LogP contribution in [-0.2, 0) is 5.41 Å². The highest BCUT2D eigenvalue weighted by Crippen LogP contribution is 2.43. The summed E-state index contributed by atoms with van der Waals surface area (Å²) in [4.78, 5) is 0. The largest absolute Gasteiger partial charge is 0.507 e. The first-order chi connectivity index (χ1) is 9.71. The molecule has 2 rings (SSSR count). The van der Waals surface area contributed by atoms with E-state index in [4.69, 9.17) is 0 Å². The Hall–Kier alpha value is -1.76. The number of phenols is 1. The minimum Gasteiger partial charge on any atom is -0.507 e. The van der Waals surface area contributed by atoms with E-state index in [9.17, 15) is 5.11 Å². The lowest BCUT2D eigenvalue weighted by Gasteiger charge is -2.33. The first-order valence-electron chi connectivity index (χ1n) is 7.59. The van der Waals surface area contributed by atoms with E-state index in [0.717, 1.165) is 23.1 Å². The van der Waals surface area contributed by atoms with Crippen molar-refractivity contribution in [3.8, 4) is 16.9 Å². The first kappa shape index (κ1) is 15.6. The van der Waals surface area contributed by atoms with Crippen LogP contribution < -0.4 is 0 Å². The summed E-state index contributed by atoms with van der Waals surface area (Å²) in [6.45, 7) is 11.1. The van der Waals surface area contributed by atoms with Crippen molar-refractivity contribution in [3.63, 3.8) is 0 Å². The molecule has 112 valence electrons. The average molecular weight is 282 g/mol. The van der Waals surface area contributed by atoms with Gasteiger partial charge in [-0.05, 0) is 22.8 Å². The summed E-state index contributed by atoms with van der Waals surface area (Å²) in [5.74, 6) is 0.415. The molecule has 21 heavy (non-hydrogen) atoms. The van der Waals surface area contributed by atoms with E-state index in [1.165, 1.54) is 0 Å². The van der Waals surface area contributed by atoms with Crippen LogP contribution in [0.2, 0.25) is 0 Å². The molecular formula is C20H26O. The fourth-order valence-corrected chi connectivity index (χ4v) is 3.36. The first-order valence-corrected chi connectivity index (χ1v) is 7.59. The van der Waals surface area contributed by atoms with E-state index >= 15 is 0 Å². The fourth-order valence-electron chi connectivity index (χ4n) is 3.36. The number of rotatable bonds is 3. The molecule has 0 saturated carbocycles. The second-order valence-corrected chi connectivity index (χ2v) is 7.69. The summed E-state index contributed by atoms with van der Waals surface area (Å²) in [5.41, 5.74) is 3.16. The van der Waals surface area contributed by atoms with Crippen LogP contribution in [0.3, 0.4) is 0 Å². The van der Waals surface area contributed by atoms with E-state index in [1.54, 1.807) is 0 Å². The van der Waals surface area contributed by atoms with Gasteiger partial charge in [0.1, 0.15) is 5.75 Å². The molecule has 0 saturated heterocycles. The highest BCUT2D eigenvalue weighted by atomic mass is 16.3. The number of para-hydroxylation sites is 1. The zero-order valence-electron chi connectivity index (χ0n) is 13.8. The lowest BCUT2D eigenvalue weighted by atomic mass is 9.71. The summed E-state index contributed by atoms with van der Waals surface area (Å²) < 4.78 is 0. The number of phenolic OH excluding ortho intramolecular Hbond substituents is 1. The third-order valence-corrected chi connectivity index (χ3v) is 3.82. The molecule has 0 bridgehead atoms. The van der Waals surface area contributed by atoms with Crippen molar-refractivity contribution >= 4 is 0 Å². The summed E-state index contributed by atoms with van der Waals surface area (Å²) in [5, 5.41) is 10.8. The third kappa shape index (κ3) is 3.66. The normalized spacial score (nSPS) is 12.4. The van der Waals surface area contributed by atoms with Crippen LogP contribution in [0.1, 0.15) is 46.6 Å². The molecule has 1 heteroatoms. The summed E-state index contributed by atoms with van der Waals surface area (Å²) >= 11 is 0. The highest BCUT2D eigenvalue weighted by molar-refractivity contribution is 5.72. The smallest absolute Gasteiger partial charge is 0.127 e. The van der Waals surface area contributed by atoms with E-state index < -0.39 is 0 Å². The number of hydrogen-bond acceptors (Lipinski definition) is 1. The molecule has 2 aromatic carbocycles. The summed E-state index contributed by atoms with van der Waals surface area (Å²) in [7, 11) is 0. The minimum absolute atomic E-state index is 0.0624. The van der Waals surface area contributed by atoms with Gasteiger partial charge in [-0.25, -0.2) is 0 Å². The molecule has 0 amide bonds. The maximum atomic E-state index is 10.8. The molecule has 0 aliphatic heterocycles. The fraction of sp³-hybridized carbons (Fsp3) is 0.400. The molecular weight excluding hydrogens is 256 g/mol. The molecule has 0 atom stereocenters. The van der Waals surface area contributed by atoms with Crippen LogP contribution in [0.15, 0.2) is 48.5 Å². The molecule has 1 nitrogen and oxygen atoms in total. The summed E-state index contributed by atoms with van der Waals surface area (Å²) in [6, 6.07) is 16.2. The predicted octanol–water partition coefficient (Wildman–Crippen LogP) is 5.77. The van der Waals surface area contributed by atoms with Crippen LogP contribution in [0, 0.1) is 5.41 Å². The van der Waals surface area contributed by atoms with Gasteiger partial charge < -0.3 is 5.11 Å². The second kappa shape index (κ2) is 5.55. The van der Waals surface area contributed by atoms with E-state index in [1.807, 2.05) is 48.5 Å². The number of benzene rings is 2. The standard InChI is InChI=1S/C20H26O/c1-19(2,3)14-20(4,5)17-13-9-12-16(18(17)21)15-10-7-6-8-11-15/h6-13,21H,14H2,1-5H3. The van der Waals surface area contributed by atoms with Gasteiger partial charge in [0.05, 0.1) is 0 Å². The monoisotopic (exact) mass is 282 g/mol. The van der Waals surface area contributed by atoms with Gasteiger partial charge in [0.15, 0.2) is 0 Å². The highest BCUT2D eigenvalue weighted by Gasteiger charge is 2.30. The van der Waals surface area contributed by atoms with E-state index in [-0.39, 0.29) is 10.8 Å². The number of hydrogen-bond donors (Lipinski definition) is 1. The van der Waals surface area contributed by atoms with Crippen LogP contribution in [0.4, 0.5) is 0 Å². The molecule has 0 fully saturated rings. The Morgan fingerprint density at radius 1 is 0.810 bits per heavy atom. The molecule has 0 spiro atoms. The Kier molecular flexibility index (Phi) is 4.13. The molecule has 0 unspecified atom stereocenters. The molecule has 0 aliphatic rings. The predicted molar refractivity (Wildman–Crippen MR) is 90.6 cm³/mol. The maximum Gasteiger partial charge on any atom is 0.127 e. The van der Waals surface area contributed by atoms with Gasteiger partial charge >= 0.3 is 0 Å². The average Bonchev–Trinajstić information content (AvgIpc) is 2.37. The van der Waals surface area contributed by atoms with Gasteiger partial charge in [-0.1, -0.05) is 83.1 Å². The van der Waals surface area contributed by atoms with Gasteiger partial charge in [-0.2, -0.15) is 0 Å². The Bertz CT molecular complexity index is 603. The number of aromatic hydroxyl groups is 1. The van der Waals surface area contributed by atoms with Crippen molar-refractivity contribution in [2.45, 2.75) is 46.5 Å². The van der Waals surface area contributed by atoms with Gasteiger partial charge in [0, 0.05) is 11.1 Å². The van der Waals surface area contributed by atoms with E-state index in [2.05, 4.69) is 34.6 Å². The topological polar surface area (TPSA) is 20.2 Å². The van der Waals surface area contributed by atoms with Crippen LogP contribution >= 0.6 is 0 Å². The minimum atomic E-state index is -0.0624. The van der Waals surface area contributed by atoms with E-state index in [0.29, 0.717) is 5.75 Å². The van der Waals surface area contributed by atoms with Crippen LogP contribution in [0.25, 0.3) is 11.1 Å².